The van der Waals surface area contributed by atoms with Crippen LogP contribution < -0.4 is 5.73 Å². The number of β-amino-alcohol motifs (C(OH)–C–C–N with tert-alkyl or cyclic N) is 1. The zero-order chi connectivity index (χ0) is 13.0. The summed E-state index contributed by atoms with van der Waals surface area (Å²) in [6, 6.07) is 7.22. The lowest BCUT2D eigenvalue weighted by atomic mass is 10.1. The molecule has 0 spiro atoms. The number of nitrogens with two attached hydrogens (primary N) is 1. The predicted molar refractivity (Wildman–Crippen MR) is 69.1 cm³/mol. The van der Waals surface area contributed by atoms with Crippen molar-refractivity contribution in [3.05, 3.63) is 29.8 Å². The average Bonchev–Trinajstić information content (AvgIpc) is 2.39. The largest absolute Gasteiger partial charge is 0.399 e. The fourth-order valence-electron chi connectivity index (χ4n) is 2.19. The smallest absolute Gasteiger partial charge is 0.0917 e. The molecule has 1 saturated heterocycles. The molecule has 100 valence electrons. The van der Waals surface area contributed by atoms with E-state index in [-0.39, 0.29) is 12.6 Å². The summed E-state index contributed by atoms with van der Waals surface area (Å²) in [5.41, 5.74) is 7.15. The van der Waals surface area contributed by atoms with E-state index in [0.29, 0.717) is 25.4 Å². The van der Waals surface area contributed by atoms with Crippen molar-refractivity contribution in [1.82, 2.24) is 4.90 Å². The van der Waals surface area contributed by atoms with Crippen LogP contribution in [0.1, 0.15) is 11.7 Å². The van der Waals surface area contributed by atoms with Crippen LogP contribution in [0, 0.1) is 0 Å². The van der Waals surface area contributed by atoms with Gasteiger partial charge in [0.2, 0.25) is 0 Å². The highest BCUT2D eigenvalue weighted by Crippen LogP contribution is 2.19. The van der Waals surface area contributed by atoms with Crippen LogP contribution in [-0.2, 0) is 4.74 Å². The Morgan fingerprint density at radius 2 is 2.33 bits per heavy atom. The van der Waals surface area contributed by atoms with Gasteiger partial charge >= 0.3 is 0 Å². The first-order valence-corrected chi connectivity index (χ1v) is 6.17. The quantitative estimate of drug-likeness (QED) is 0.657. The fourth-order valence-corrected chi connectivity index (χ4v) is 2.19. The van der Waals surface area contributed by atoms with Crippen LogP contribution in [0.2, 0.25) is 0 Å². The van der Waals surface area contributed by atoms with Crippen molar-refractivity contribution < 1.29 is 14.9 Å². The van der Waals surface area contributed by atoms with E-state index in [1.165, 1.54) is 0 Å². The molecule has 0 saturated carbocycles. The molecule has 2 rings (SSSR count). The second-order valence-corrected chi connectivity index (χ2v) is 4.59. The summed E-state index contributed by atoms with van der Waals surface area (Å²) in [6.07, 6.45) is -0.597. The molecular weight excluding hydrogens is 232 g/mol. The molecule has 5 heteroatoms. The van der Waals surface area contributed by atoms with Crippen LogP contribution in [0.4, 0.5) is 5.69 Å². The maximum atomic E-state index is 10.2. The maximum absolute atomic E-state index is 10.2. The summed E-state index contributed by atoms with van der Waals surface area (Å²) in [4.78, 5) is 2.05. The number of nitrogen functional groups attached to an aromatic ring is 1. The summed E-state index contributed by atoms with van der Waals surface area (Å²) in [6.45, 7) is 2.41. The highest BCUT2D eigenvalue weighted by molar-refractivity contribution is 5.41. The van der Waals surface area contributed by atoms with Gasteiger partial charge in [0.25, 0.3) is 0 Å². The first-order chi connectivity index (χ1) is 8.70. The van der Waals surface area contributed by atoms with Crippen LogP contribution in [0.5, 0.6) is 0 Å². The van der Waals surface area contributed by atoms with Crippen molar-refractivity contribution in [3.8, 4) is 0 Å². The Balaban J connectivity index is 1.99. The van der Waals surface area contributed by atoms with Gasteiger partial charge in [0, 0.05) is 18.8 Å². The van der Waals surface area contributed by atoms with E-state index >= 15 is 0 Å². The highest BCUT2D eigenvalue weighted by atomic mass is 16.5. The van der Waals surface area contributed by atoms with Gasteiger partial charge in [-0.25, -0.2) is 0 Å². The van der Waals surface area contributed by atoms with Gasteiger partial charge in [0.1, 0.15) is 0 Å². The van der Waals surface area contributed by atoms with Gasteiger partial charge in [-0.15, -0.1) is 0 Å². The normalized spacial score (nSPS) is 22.9. The number of morpholine rings is 1. The van der Waals surface area contributed by atoms with E-state index in [1.807, 2.05) is 12.1 Å². The molecule has 0 aromatic heterocycles. The molecule has 0 amide bonds. The molecule has 1 fully saturated rings. The monoisotopic (exact) mass is 252 g/mol. The summed E-state index contributed by atoms with van der Waals surface area (Å²) in [5.74, 6) is 0. The lowest BCUT2D eigenvalue weighted by molar-refractivity contribution is -0.0437. The van der Waals surface area contributed by atoms with Crippen molar-refractivity contribution in [3.63, 3.8) is 0 Å². The SMILES string of the molecule is Nc1cccc(C(O)CN2CCOCC2CO)c1. The van der Waals surface area contributed by atoms with Gasteiger partial charge in [-0.2, -0.15) is 0 Å². The Labute approximate surface area is 107 Å². The average molecular weight is 252 g/mol. The number of nitrogens with zero attached hydrogens (tertiary/aromatic N) is 1. The highest BCUT2D eigenvalue weighted by Gasteiger charge is 2.24. The van der Waals surface area contributed by atoms with Crippen molar-refractivity contribution in [2.45, 2.75) is 12.1 Å². The van der Waals surface area contributed by atoms with Crippen LogP contribution >= 0.6 is 0 Å². The minimum absolute atomic E-state index is 0.0329. The van der Waals surface area contributed by atoms with Crippen LogP contribution in [0.15, 0.2) is 24.3 Å². The lowest BCUT2D eigenvalue weighted by Crippen LogP contribution is -2.48. The van der Waals surface area contributed by atoms with Crippen LogP contribution in [-0.4, -0.2) is 54.1 Å². The number of benzene rings is 1. The molecular formula is C13H20N2O3. The molecule has 1 heterocycles. The summed E-state index contributed by atoms with van der Waals surface area (Å²) < 4.78 is 5.31. The number of rotatable bonds is 4. The number of anilines is 1. The minimum Gasteiger partial charge on any atom is -0.399 e. The third-order valence-corrected chi connectivity index (χ3v) is 3.26. The van der Waals surface area contributed by atoms with E-state index in [9.17, 15) is 10.2 Å². The Hall–Kier alpha value is -1.14. The minimum atomic E-state index is -0.597. The topological polar surface area (TPSA) is 79.0 Å². The summed E-state index contributed by atoms with van der Waals surface area (Å²) >= 11 is 0. The van der Waals surface area contributed by atoms with E-state index in [4.69, 9.17) is 10.5 Å². The fraction of sp³-hybridized carbons (Fsp3) is 0.538. The molecule has 1 aliphatic heterocycles. The first kappa shape index (κ1) is 13.3. The molecule has 18 heavy (non-hydrogen) atoms. The van der Waals surface area contributed by atoms with Gasteiger partial charge in [-0.1, -0.05) is 12.1 Å². The summed E-state index contributed by atoms with van der Waals surface area (Å²) in [5, 5.41) is 19.5. The predicted octanol–water partition coefficient (Wildman–Crippen LogP) is -0.00470. The van der Waals surface area contributed by atoms with Crippen molar-refractivity contribution in [1.29, 1.82) is 0 Å². The Bertz CT molecular complexity index is 386. The van der Waals surface area contributed by atoms with Crippen molar-refractivity contribution in [2.75, 3.05) is 38.6 Å². The van der Waals surface area contributed by atoms with Gasteiger partial charge < -0.3 is 20.7 Å². The Kier molecular flexibility index (Phi) is 4.54. The van der Waals surface area contributed by atoms with E-state index in [2.05, 4.69) is 4.90 Å². The molecule has 4 N–H and O–H groups in total. The molecule has 0 bridgehead atoms. The van der Waals surface area contributed by atoms with E-state index in [1.54, 1.807) is 12.1 Å². The number of aliphatic hydroxyl groups excluding tert-OH is 2. The second-order valence-electron chi connectivity index (χ2n) is 4.59. The van der Waals surface area contributed by atoms with Gasteiger partial charge in [0.15, 0.2) is 0 Å². The standard InChI is InChI=1S/C13H20N2O3/c14-11-3-1-2-10(6-11)13(17)7-15-4-5-18-9-12(15)8-16/h1-3,6,12-13,16-17H,4-5,7-9,14H2. The second kappa shape index (κ2) is 6.15. The molecule has 0 aliphatic carbocycles. The number of hydrogen-bond donors (Lipinski definition) is 3. The zero-order valence-corrected chi connectivity index (χ0v) is 10.3. The van der Waals surface area contributed by atoms with Crippen molar-refractivity contribution >= 4 is 5.69 Å². The maximum Gasteiger partial charge on any atom is 0.0917 e. The molecule has 0 radical (unpaired) electrons. The van der Waals surface area contributed by atoms with Crippen LogP contribution in [0.25, 0.3) is 0 Å². The number of ether oxygens (including phenoxy) is 1. The summed E-state index contributed by atoms with van der Waals surface area (Å²) in [7, 11) is 0. The van der Waals surface area contributed by atoms with Gasteiger partial charge in [-0.05, 0) is 17.7 Å². The molecule has 5 nitrogen and oxygen atoms in total. The number of aliphatic hydroxyl groups is 2. The molecule has 2 atom stereocenters. The van der Waals surface area contributed by atoms with Gasteiger partial charge in [0.05, 0.1) is 32.0 Å². The lowest BCUT2D eigenvalue weighted by Gasteiger charge is -2.35. The third kappa shape index (κ3) is 3.20. The van der Waals surface area contributed by atoms with E-state index in [0.717, 1.165) is 12.1 Å². The molecule has 2 unspecified atom stereocenters. The Morgan fingerprint density at radius 3 is 3.06 bits per heavy atom. The molecule has 1 aromatic rings. The zero-order valence-electron chi connectivity index (χ0n) is 10.3. The Morgan fingerprint density at radius 1 is 1.50 bits per heavy atom. The number of hydrogen-bond acceptors (Lipinski definition) is 5. The van der Waals surface area contributed by atoms with Gasteiger partial charge in [-0.3, -0.25) is 4.90 Å². The first-order valence-electron chi connectivity index (χ1n) is 6.17. The van der Waals surface area contributed by atoms with Crippen LogP contribution in [0.3, 0.4) is 0 Å². The van der Waals surface area contributed by atoms with Crippen molar-refractivity contribution in [2.24, 2.45) is 0 Å². The third-order valence-electron chi connectivity index (χ3n) is 3.26. The molecule has 1 aromatic carbocycles. The molecule has 1 aliphatic rings. The van der Waals surface area contributed by atoms with E-state index < -0.39 is 6.10 Å².